The van der Waals surface area contributed by atoms with E-state index in [2.05, 4.69) is 128 Å². The number of benzene rings is 2. The van der Waals surface area contributed by atoms with Crippen molar-refractivity contribution in [2.45, 2.75) is 163 Å². The zero-order chi connectivity index (χ0) is 45.7. The highest BCUT2D eigenvalue weighted by Crippen LogP contribution is 2.40. The van der Waals surface area contributed by atoms with Crippen molar-refractivity contribution in [2.24, 2.45) is 22.7 Å². The van der Waals surface area contributed by atoms with E-state index in [1.807, 2.05) is 6.92 Å². The van der Waals surface area contributed by atoms with Crippen molar-refractivity contribution in [3.63, 3.8) is 0 Å². The van der Waals surface area contributed by atoms with E-state index in [1.165, 1.54) is 60.8 Å². The molecule has 0 unspecified atom stereocenters. The van der Waals surface area contributed by atoms with Crippen LogP contribution in [0.5, 0.6) is 11.5 Å². The highest BCUT2D eigenvalue weighted by Gasteiger charge is 2.31. The van der Waals surface area contributed by atoms with Crippen LogP contribution < -0.4 is 14.8 Å². The molecule has 2 N–H and O–H groups in total. The Balaban J connectivity index is 0.000000233. The molecule has 2 aliphatic heterocycles. The average molecular weight is 936 g/mol. The molecule has 0 atom stereocenters. The quantitative estimate of drug-likeness (QED) is 0.0976. The number of alkyl halides is 1. The van der Waals surface area contributed by atoms with E-state index in [0.717, 1.165) is 113 Å². The molecule has 0 spiro atoms. The molecule has 6 rings (SSSR count). The van der Waals surface area contributed by atoms with E-state index in [9.17, 15) is 9.59 Å². The van der Waals surface area contributed by atoms with Crippen molar-refractivity contribution < 1.29 is 28.9 Å². The molecule has 63 heavy (non-hydrogen) atoms. The fourth-order valence-corrected chi connectivity index (χ4v) is 9.64. The molecule has 8 nitrogen and oxygen atoms in total. The number of carboxylic acids is 1. The number of esters is 1. The summed E-state index contributed by atoms with van der Waals surface area (Å²) in [5.41, 5.74) is 6.36. The molecule has 2 saturated carbocycles. The summed E-state index contributed by atoms with van der Waals surface area (Å²) in [6.45, 7) is 21.6. The number of aliphatic carboxylic acids is 1. The first-order valence-corrected chi connectivity index (χ1v) is 25.6. The molecule has 0 radical (unpaired) electrons. The largest absolute Gasteiger partial charge is 0.490 e. The smallest absolute Gasteiger partial charge is 0.305 e. The predicted octanol–water partition coefficient (Wildman–Crippen LogP) is 13.2. The predicted molar refractivity (Wildman–Crippen MR) is 265 cm³/mol. The minimum Gasteiger partial charge on any atom is -0.490 e. The zero-order valence-electron chi connectivity index (χ0n) is 40.2. The van der Waals surface area contributed by atoms with Gasteiger partial charge >= 0.3 is 11.9 Å². The third kappa shape index (κ3) is 19.9. The Morgan fingerprint density at radius 1 is 0.698 bits per heavy atom. The van der Waals surface area contributed by atoms with Crippen LogP contribution in [-0.4, -0.2) is 78.8 Å². The lowest BCUT2D eigenvalue weighted by atomic mass is 9.72. The second kappa shape index (κ2) is 27.4. The zero-order valence-corrected chi connectivity index (χ0v) is 41.7. The molecule has 0 saturated heterocycles. The first kappa shape index (κ1) is 52.5. The minimum atomic E-state index is -0.694. The number of carbonyl (C=O) groups is 2. The number of rotatable bonds is 16. The molecule has 2 aromatic carbocycles. The van der Waals surface area contributed by atoms with Gasteiger partial charge in [-0.2, -0.15) is 0 Å². The molecule has 2 aliphatic carbocycles. The van der Waals surface area contributed by atoms with Crippen LogP contribution in [0.15, 0.2) is 60.7 Å². The molecule has 2 heterocycles. The van der Waals surface area contributed by atoms with E-state index >= 15 is 0 Å². The van der Waals surface area contributed by atoms with E-state index < -0.39 is 5.97 Å². The van der Waals surface area contributed by atoms with Crippen LogP contribution in [-0.2, 0) is 14.3 Å². The van der Waals surface area contributed by atoms with Gasteiger partial charge in [0.2, 0.25) is 0 Å². The first-order chi connectivity index (χ1) is 30.1. The minimum absolute atomic E-state index is 0.0801. The molecule has 0 amide bonds. The number of ether oxygens (including phenoxy) is 3. The van der Waals surface area contributed by atoms with Crippen LogP contribution in [0.1, 0.15) is 162 Å². The monoisotopic (exact) mass is 935 g/mol. The number of hydrogen-bond donors (Lipinski definition) is 2. The van der Waals surface area contributed by atoms with Crippen molar-refractivity contribution in [3.8, 4) is 11.5 Å². The van der Waals surface area contributed by atoms with Gasteiger partial charge in [0.25, 0.3) is 0 Å². The van der Waals surface area contributed by atoms with Gasteiger partial charge in [0.15, 0.2) is 0 Å². The molecular weight excluding hydrogens is 853 g/mol. The Morgan fingerprint density at radius 2 is 1.21 bits per heavy atom. The Bertz CT molecular complexity index is 1680. The van der Waals surface area contributed by atoms with Crippen LogP contribution in [0.2, 0.25) is 0 Å². The SMILES string of the molecule is CC(C)(C)C1CCC(Oc2ccc(C3=CCN(CCCCC(=O)O)CC3)cc2)CC1.CC(C)(C)C1CCC(Oc2ccc(C3=CCNCC3)cc2)CC1.CCOC(=O)CCCCBr. The lowest BCUT2D eigenvalue weighted by Crippen LogP contribution is -2.30. The van der Waals surface area contributed by atoms with Crippen LogP contribution in [0.4, 0.5) is 0 Å². The topological polar surface area (TPSA) is 97.3 Å². The summed E-state index contributed by atoms with van der Waals surface area (Å²) < 4.78 is 17.2. The molecule has 4 aliphatic rings. The maximum atomic E-state index is 10.7. The van der Waals surface area contributed by atoms with Gasteiger partial charge in [0.05, 0.1) is 18.8 Å². The van der Waals surface area contributed by atoms with E-state index in [1.54, 1.807) is 0 Å². The molecule has 9 heteroatoms. The van der Waals surface area contributed by atoms with Crippen molar-refractivity contribution in [1.82, 2.24) is 10.2 Å². The second-order valence-electron chi connectivity index (χ2n) is 20.2. The van der Waals surface area contributed by atoms with Gasteiger partial charge in [0, 0.05) is 37.8 Å². The van der Waals surface area contributed by atoms with Gasteiger partial charge < -0.3 is 24.6 Å². The van der Waals surface area contributed by atoms with Gasteiger partial charge in [-0.05, 0) is 179 Å². The van der Waals surface area contributed by atoms with E-state index in [4.69, 9.17) is 19.3 Å². The molecule has 352 valence electrons. The number of unbranched alkanes of at least 4 members (excludes halogenated alkanes) is 2. The lowest BCUT2D eigenvalue weighted by Gasteiger charge is -2.37. The average Bonchev–Trinajstić information content (AvgIpc) is 3.27. The third-order valence-electron chi connectivity index (χ3n) is 13.4. The molecule has 2 aromatic rings. The van der Waals surface area contributed by atoms with Gasteiger partial charge in [-0.3, -0.25) is 14.5 Å². The maximum absolute atomic E-state index is 10.7. The first-order valence-electron chi connectivity index (χ1n) is 24.4. The summed E-state index contributed by atoms with van der Waals surface area (Å²) in [6, 6.07) is 17.4. The normalized spacial score (nSPS) is 21.9. The van der Waals surface area contributed by atoms with E-state index in [-0.39, 0.29) is 12.4 Å². The number of hydrogen-bond acceptors (Lipinski definition) is 7. The van der Waals surface area contributed by atoms with Crippen LogP contribution in [0, 0.1) is 22.7 Å². The molecule has 2 fully saturated rings. The highest BCUT2D eigenvalue weighted by atomic mass is 79.9. The van der Waals surface area contributed by atoms with Crippen molar-refractivity contribution >= 4 is 39.0 Å². The summed E-state index contributed by atoms with van der Waals surface area (Å²) in [5.74, 6) is 2.91. The third-order valence-corrected chi connectivity index (χ3v) is 14.0. The van der Waals surface area contributed by atoms with Crippen LogP contribution >= 0.6 is 15.9 Å². The van der Waals surface area contributed by atoms with Crippen molar-refractivity contribution in [1.29, 1.82) is 0 Å². The lowest BCUT2D eigenvalue weighted by molar-refractivity contribution is -0.143. The van der Waals surface area contributed by atoms with Crippen molar-refractivity contribution in [3.05, 3.63) is 71.8 Å². The summed E-state index contributed by atoms with van der Waals surface area (Å²) in [4.78, 5) is 23.7. The second-order valence-corrected chi connectivity index (χ2v) is 21.0. The number of carboxylic acid groups (broad SMARTS) is 1. The fourth-order valence-electron chi connectivity index (χ4n) is 9.24. The fraction of sp³-hybridized carbons (Fsp3) is 0.667. The van der Waals surface area contributed by atoms with Gasteiger partial charge in [-0.25, -0.2) is 0 Å². The Labute approximate surface area is 390 Å². The van der Waals surface area contributed by atoms with Gasteiger partial charge in [-0.15, -0.1) is 0 Å². The standard InChI is InChI=1S/C26H39NO3.C21H31NO.C7H13BrO2/c1-26(2,3)22-9-13-24(14-10-22)30-23-11-7-20(8-12-23)21-15-18-27(19-16-21)17-5-4-6-25(28)29;1-21(2,3)18-6-10-20(11-7-18)23-19-8-4-16(5-9-19)17-12-14-22-15-13-17;1-2-10-7(9)5-3-4-6-8/h7-8,11-12,15,22,24H,4-6,9-10,13-14,16-19H2,1-3H3,(H,28,29);4-5,8-9,12,18,20,22H,6-7,10-11,13-15H2,1-3H3;2-6H2,1H3. The van der Waals surface area contributed by atoms with Crippen molar-refractivity contribution in [2.75, 3.05) is 44.7 Å². The highest BCUT2D eigenvalue weighted by molar-refractivity contribution is 9.09. The molecule has 0 bridgehead atoms. The van der Waals surface area contributed by atoms with Crippen LogP contribution in [0.3, 0.4) is 0 Å². The summed E-state index contributed by atoms with van der Waals surface area (Å²) >= 11 is 3.29. The summed E-state index contributed by atoms with van der Waals surface area (Å²) in [5, 5.41) is 13.1. The number of nitrogens with zero attached hydrogens (tertiary/aromatic N) is 1. The Hall–Kier alpha value is -3.14. The summed E-state index contributed by atoms with van der Waals surface area (Å²) in [7, 11) is 0. The van der Waals surface area contributed by atoms with Gasteiger partial charge in [0.1, 0.15) is 11.5 Å². The number of carbonyl (C=O) groups excluding carboxylic acids is 1. The maximum Gasteiger partial charge on any atom is 0.305 e. The number of nitrogens with one attached hydrogen (secondary N) is 1. The molecule has 0 aromatic heterocycles. The van der Waals surface area contributed by atoms with Gasteiger partial charge in [-0.1, -0.05) is 93.9 Å². The van der Waals surface area contributed by atoms with E-state index in [0.29, 0.717) is 36.1 Å². The Morgan fingerprint density at radius 3 is 1.62 bits per heavy atom. The molecular formula is C54H83BrN2O6. The number of halogens is 1. The summed E-state index contributed by atoms with van der Waals surface area (Å²) in [6.07, 6.45) is 21.9. The Kier molecular flexibility index (Phi) is 22.8. The van der Waals surface area contributed by atoms with Crippen LogP contribution in [0.25, 0.3) is 11.1 Å².